The standard InChI is InChI=1S/C31H26N4O4/c1-3-38-24-16-12-22(13-17-24)28-19-26(25-7-4-5-8-27(25)33-28)30(36)35-34-20(2)21-10-14-23(15-11-21)32-31(37)29-9-6-18-39-29/h4-19H,3H2,1-2H3,(H,32,37)(H,35,36)/b34-20-. The molecule has 2 heterocycles. The minimum absolute atomic E-state index is 0.230. The van der Waals surface area contributed by atoms with Crippen molar-refractivity contribution in [2.75, 3.05) is 11.9 Å². The molecular weight excluding hydrogens is 492 g/mol. The van der Waals surface area contributed by atoms with Crippen molar-refractivity contribution in [3.8, 4) is 17.0 Å². The van der Waals surface area contributed by atoms with Gasteiger partial charge in [0.15, 0.2) is 5.76 Å². The Balaban J connectivity index is 1.34. The van der Waals surface area contributed by atoms with E-state index in [4.69, 9.17) is 14.1 Å². The Hall–Kier alpha value is -5.24. The first-order valence-electron chi connectivity index (χ1n) is 12.4. The lowest BCUT2D eigenvalue weighted by molar-refractivity contribution is 0.0955. The molecule has 0 aliphatic heterocycles. The highest BCUT2D eigenvalue weighted by atomic mass is 16.5. The summed E-state index contributed by atoms with van der Waals surface area (Å²) in [5.41, 5.74) is 7.42. The quantitative estimate of drug-likeness (QED) is 0.185. The molecule has 0 aliphatic rings. The second kappa shape index (κ2) is 11.4. The SMILES string of the molecule is CCOc1ccc(-c2cc(C(=O)N/N=C(/C)c3ccc(NC(=O)c4ccco4)cc3)c3ccccc3n2)cc1. The molecule has 0 spiro atoms. The molecule has 0 saturated heterocycles. The summed E-state index contributed by atoms with van der Waals surface area (Å²) in [4.78, 5) is 30.2. The molecule has 2 amide bonds. The number of benzene rings is 3. The van der Waals surface area contributed by atoms with Gasteiger partial charge in [-0.15, -0.1) is 0 Å². The smallest absolute Gasteiger partial charge is 0.291 e. The van der Waals surface area contributed by atoms with Gasteiger partial charge in [0.05, 0.1) is 35.4 Å². The van der Waals surface area contributed by atoms with Gasteiger partial charge >= 0.3 is 0 Å². The van der Waals surface area contributed by atoms with Gasteiger partial charge in [-0.1, -0.05) is 30.3 Å². The largest absolute Gasteiger partial charge is 0.494 e. The van der Waals surface area contributed by atoms with E-state index in [1.54, 1.807) is 37.3 Å². The molecule has 39 heavy (non-hydrogen) atoms. The van der Waals surface area contributed by atoms with Crippen molar-refractivity contribution in [1.29, 1.82) is 0 Å². The van der Waals surface area contributed by atoms with Crippen LogP contribution in [0.15, 0.2) is 107 Å². The van der Waals surface area contributed by atoms with Gasteiger partial charge in [-0.25, -0.2) is 10.4 Å². The molecule has 0 saturated carbocycles. The first-order chi connectivity index (χ1) is 19.0. The molecule has 8 heteroatoms. The van der Waals surface area contributed by atoms with E-state index in [0.29, 0.717) is 34.8 Å². The molecule has 194 valence electrons. The minimum atomic E-state index is -0.345. The number of nitrogens with one attached hydrogen (secondary N) is 2. The summed E-state index contributed by atoms with van der Waals surface area (Å²) in [5, 5.41) is 7.82. The normalized spacial score (nSPS) is 11.3. The Kier molecular flexibility index (Phi) is 7.45. The maximum atomic E-state index is 13.3. The molecule has 2 aromatic heterocycles. The van der Waals surface area contributed by atoms with Crippen molar-refractivity contribution >= 4 is 34.1 Å². The summed E-state index contributed by atoms with van der Waals surface area (Å²) in [5.74, 6) is 0.327. The third-order valence-electron chi connectivity index (χ3n) is 6.05. The zero-order valence-electron chi connectivity index (χ0n) is 21.5. The van der Waals surface area contributed by atoms with E-state index in [2.05, 4.69) is 15.8 Å². The van der Waals surface area contributed by atoms with Gasteiger partial charge in [0.25, 0.3) is 11.8 Å². The summed E-state index contributed by atoms with van der Waals surface area (Å²) >= 11 is 0. The maximum absolute atomic E-state index is 13.3. The van der Waals surface area contributed by atoms with E-state index >= 15 is 0 Å². The van der Waals surface area contributed by atoms with Crippen LogP contribution in [0.2, 0.25) is 0 Å². The minimum Gasteiger partial charge on any atom is -0.494 e. The fourth-order valence-electron chi connectivity index (χ4n) is 4.05. The summed E-state index contributed by atoms with van der Waals surface area (Å²) in [6.45, 7) is 4.32. The number of rotatable bonds is 8. The number of nitrogens with zero attached hydrogens (tertiary/aromatic N) is 2. The van der Waals surface area contributed by atoms with E-state index in [0.717, 1.165) is 22.3 Å². The monoisotopic (exact) mass is 518 g/mol. The maximum Gasteiger partial charge on any atom is 0.291 e. The van der Waals surface area contributed by atoms with Crippen LogP contribution in [-0.2, 0) is 0 Å². The van der Waals surface area contributed by atoms with Crippen LogP contribution < -0.4 is 15.5 Å². The molecule has 0 bridgehead atoms. The number of para-hydroxylation sites is 1. The third kappa shape index (κ3) is 5.86. The molecule has 2 N–H and O–H groups in total. The van der Waals surface area contributed by atoms with Crippen molar-refractivity contribution in [3.05, 3.63) is 114 Å². The number of carbonyl (C=O) groups excluding carboxylic acids is 2. The van der Waals surface area contributed by atoms with Gasteiger partial charge in [0.2, 0.25) is 0 Å². The highest BCUT2D eigenvalue weighted by molar-refractivity contribution is 6.08. The summed E-state index contributed by atoms with van der Waals surface area (Å²) in [6, 6.07) is 27.3. The van der Waals surface area contributed by atoms with E-state index in [9.17, 15) is 9.59 Å². The van der Waals surface area contributed by atoms with Crippen LogP contribution in [0.25, 0.3) is 22.2 Å². The van der Waals surface area contributed by atoms with Gasteiger partial charge in [0.1, 0.15) is 5.75 Å². The Morgan fingerprint density at radius 1 is 0.923 bits per heavy atom. The molecule has 5 aromatic rings. The molecule has 0 aliphatic carbocycles. The van der Waals surface area contributed by atoms with Crippen LogP contribution in [0.4, 0.5) is 5.69 Å². The van der Waals surface area contributed by atoms with Crippen LogP contribution in [0.3, 0.4) is 0 Å². The molecular formula is C31H26N4O4. The van der Waals surface area contributed by atoms with E-state index in [-0.39, 0.29) is 17.6 Å². The number of pyridine rings is 1. The molecule has 0 radical (unpaired) electrons. The number of furan rings is 1. The Morgan fingerprint density at radius 3 is 2.41 bits per heavy atom. The van der Waals surface area contributed by atoms with Crippen molar-refractivity contribution in [2.24, 2.45) is 5.10 Å². The second-order valence-corrected chi connectivity index (χ2v) is 8.68. The topological polar surface area (TPSA) is 106 Å². The zero-order chi connectivity index (χ0) is 27.2. The number of hydrogen-bond acceptors (Lipinski definition) is 6. The fraction of sp³-hybridized carbons (Fsp3) is 0.0968. The van der Waals surface area contributed by atoms with E-state index in [1.807, 2.05) is 67.6 Å². The van der Waals surface area contributed by atoms with E-state index in [1.165, 1.54) is 6.26 Å². The number of aromatic nitrogens is 1. The van der Waals surface area contributed by atoms with E-state index < -0.39 is 0 Å². The predicted octanol–water partition coefficient (Wildman–Crippen LogP) is 6.30. The zero-order valence-corrected chi connectivity index (χ0v) is 21.5. The first kappa shape index (κ1) is 25.4. The lowest BCUT2D eigenvalue weighted by Crippen LogP contribution is -2.20. The number of carbonyl (C=O) groups is 2. The predicted molar refractivity (Wildman–Crippen MR) is 151 cm³/mol. The number of ether oxygens (including phenoxy) is 1. The van der Waals surface area contributed by atoms with Crippen LogP contribution in [-0.4, -0.2) is 29.1 Å². The number of anilines is 1. The Bertz CT molecular complexity index is 1640. The number of amides is 2. The van der Waals surface area contributed by atoms with Gasteiger partial charge in [0, 0.05) is 16.6 Å². The van der Waals surface area contributed by atoms with Gasteiger partial charge < -0.3 is 14.5 Å². The Morgan fingerprint density at radius 2 is 1.69 bits per heavy atom. The highest BCUT2D eigenvalue weighted by Gasteiger charge is 2.14. The summed E-state index contributed by atoms with van der Waals surface area (Å²) in [6.07, 6.45) is 1.45. The average molecular weight is 519 g/mol. The van der Waals surface area contributed by atoms with Crippen LogP contribution in [0, 0.1) is 0 Å². The molecule has 5 rings (SSSR count). The molecule has 0 unspecified atom stereocenters. The number of hydrogen-bond donors (Lipinski definition) is 2. The van der Waals surface area contributed by atoms with Gasteiger partial charge in [-0.3, -0.25) is 9.59 Å². The van der Waals surface area contributed by atoms with Crippen LogP contribution in [0.1, 0.15) is 40.3 Å². The molecule has 3 aromatic carbocycles. The fourth-order valence-corrected chi connectivity index (χ4v) is 4.05. The first-order valence-corrected chi connectivity index (χ1v) is 12.4. The Labute approximate surface area is 225 Å². The van der Waals surface area contributed by atoms with Gasteiger partial charge in [-0.05, 0) is 80.1 Å². The average Bonchev–Trinajstić information content (AvgIpc) is 3.52. The second-order valence-electron chi connectivity index (χ2n) is 8.68. The third-order valence-corrected chi connectivity index (χ3v) is 6.05. The van der Waals surface area contributed by atoms with Crippen LogP contribution >= 0.6 is 0 Å². The van der Waals surface area contributed by atoms with Crippen molar-refractivity contribution in [3.63, 3.8) is 0 Å². The summed E-state index contributed by atoms with van der Waals surface area (Å²) in [7, 11) is 0. The molecule has 0 fully saturated rings. The van der Waals surface area contributed by atoms with Crippen molar-refractivity contribution < 1.29 is 18.7 Å². The lowest BCUT2D eigenvalue weighted by Gasteiger charge is -2.10. The van der Waals surface area contributed by atoms with Crippen LogP contribution in [0.5, 0.6) is 5.75 Å². The highest BCUT2D eigenvalue weighted by Crippen LogP contribution is 2.26. The molecule has 8 nitrogen and oxygen atoms in total. The lowest BCUT2D eigenvalue weighted by atomic mass is 10.0. The summed E-state index contributed by atoms with van der Waals surface area (Å²) < 4.78 is 10.6. The number of fused-ring (bicyclic) bond motifs is 1. The van der Waals surface area contributed by atoms with Crippen molar-refractivity contribution in [2.45, 2.75) is 13.8 Å². The van der Waals surface area contributed by atoms with Gasteiger partial charge in [-0.2, -0.15) is 5.10 Å². The van der Waals surface area contributed by atoms with Crippen molar-refractivity contribution in [1.82, 2.24) is 10.4 Å². The molecule has 0 atom stereocenters. The number of hydrazone groups is 1.